The highest BCUT2D eigenvalue weighted by Crippen LogP contribution is 2.12. The Balaban J connectivity index is 4.07. The Morgan fingerprint density at radius 2 is 1.02 bits per heavy atom. The Labute approximate surface area is 292 Å². The minimum absolute atomic E-state index is 0.160. The largest absolute Gasteiger partial charge is 0.385 e. The van der Waals surface area contributed by atoms with E-state index >= 15 is 0 Å². The first kappa shape index (κ1) is 44.9. The van der Waals surface area contributed by atoms with Crippen molar-refractivity contribution < 1.29 is 9.59 Å². The van der Waals surface area contributed by atoms with Gasteiger partial charge >= 0.3 is 0 Å². The lowest BCUT2D eigenvalue weighted by Crippen LogP contribution is -2.33. The second-order valence-electron chi connectivity index (χ2n) is 13.8. The Morgan fingerprint density at radius 1 is 0.532 bits per heavy atom. The highest BCUT2D eigenvalue weighted by atomic mass is 16.2. The van der Waals surface area contributed by atoms with E-state index in [2.05, 4.69) is 79.3 Å². The topological polar surface area (TPSA) is 64.7 Å². The maximum absolute atomic E-state index is 13.0. The van der Waals surface area contributed by atoms with Crippen LogP contribution in [-0.4, -0.2) is 68.4 Å². The standard InChI is InChI=1S/C41H78N4O2/c1-6-8-10-12-14-20-26-34-42-39(3)31-24-18-16-22-28-37-45(41(47)33-30-36-44(4)5)38-29-23-17-19-25-32-40(46)43-35-27-21-15-13-11-9-7-2/h20-21,26-27,42H,3,6-19,22-25,28-38H2,1-2,4-5H3,(H,43,46)/b26-20-,27-21-. The summed E-state index contributed by atoms with van der Waals surface area (Å²) in [6, 6.07) is 0. The van der Waals surface area contributed by atoms with E-state index in [-0.39, 0.29) is 5.91 Å². The fourth-order valence-electron chi connectivity index (χ4n) is 5.69. The van der Waals surface area contributed by atoms with Gasteiger partial charge in [0.15, 0.2) is 0 Å². The first-order valence-electron chi connectivity index (χ1n) is 19.8. The Kier molecular flexibility index (Phi) is 33.7. The molecule has 274 valence electrons. The molecular formula is C41H78N4O2. The van der Waals surface area contributed by atoms with Crippen molar-refractivity contribution in [2.75, 3.05) is 46.8 Å². The molecule has 0 bridgehead atoms. The molecule has 0 aliphatic heterocycles. The molecule has 0 unspecified atom stereocenters. The third kappa shape index (κ3) is 33.6. The molecule has 0 saturated heterocycles. The molecule has 2 N–H and O–H groups in total. The number of hydrogen-bond acceptors (Lipinski definition) is 4. The lowest BCUT2D eigenvalue weighted by atomic mass is 10.1. The van der Waals surface area contributed by atoms with Crippen LogP contribution in [0.3, 0.4) is 0 Å². The van der Waals surface area contributed by atoms with E-state index in [4.69, 9.17) is 0 Å². The van der Waals surface area contributed by atoms with Crippen molar-refractivity contribution in [3.63, 3.8) is 0 Å². The van der Waals surface area contributed by atoms with Crippen molar-refractivity contribution >= 4 is 11.8 Å². The number of carbonyl (C=O) groups excluding carboxylic acids is 2. The summed E-state index contributed by atoms with van der Waals surface area (Å²) >= 11 is 0. The molecule has 6 heteroatoms. The Morgan fingerprint density at radius 3 is 1.57 bits per heavy atom. The molecule has 0 radical (unpaired) electrons. The fraction of sp³-hybridized carbons (Fsp3) is 0.805. The van der Waals surface area contributed by atoms with Gasteiger partial charge in [-0.05, 0) is 84.8 Å². The summed E-state index contributed by atoms with van der Waals surface area (Å²) < 4.78 is 0. The summed E-state index contributed by atoms with van der Waals surface area (Å²) in [6.07, 6.45) is 36.0. The summed E-state index contributed by atoms with van der Waals surface area (Å²) in [6.45, 7) is 12.9. The minimum Gasteiger partial charge on any atom is -0.385 e. The molecule has 0 saturated carbocycles. The first-order chi connectivity index (χ1) is 22.9. The fourth-order valence-corrected chi connectivity index (χ4v) is 5.69. The quantitative estimate of drug-likeness (QED) is 0.0525. The zero-order chi connectivity index (χ0) is 34.6. The van der Waals surface area contributed by atoms with Crippen LogP contribution in [-0.2, 0) is 9.59 Å². The van der Waals surface area contributed by atoms with Gasteiger partial charge in [-0.2, -0.15) is 0 Å². The van der Waals surface area contributed by atoms with Crippen molar-refractivity contribution in [1.29, 1.82) is 0 Å². The van der Waals surface area contributed by atoms with E-state index in [1.807, 2.05) is 0 Å². The van der Waals surface area contributed by atoms with Crippen LogP contribution in [0.25, 0.3) is 0 Å². The third-order valence-corrected chi connectivity index (χ3v) is 8.76. The molecule has 0 rings (SSSR count). The SMILES string of the molecule is C=C(CCCCCCCN(CCCCCCCC(=O)NC/C=C\CCCCCC)C(=O)CCCN(C)C)NC/C=C\CCCCCC. The normalized spacial score (nSPS) is 11.6. The highest BCUT2D eigenvalue weighted by Gasteiger charge is 2.13. The van der Waals surface area contributed by atoms with Gasteiger partial charge < -0.3 is 20.4 Å². The van der Waals surface area contributed by atoms with E-state index in [0.29, 0.717) is 25.3 Å². The van der Waals surface area contributed by atoms with Crippen molar-refractivity contribution in [2.24, 2.45) is 0 Å². The molecule has 2 amide bonds. The summed E-state index contributed by atoms with van der Waals surface area (Å²) in [5, 5.41) is 6.46. The summed E-state index contributed by atoms with van der Waals surface area (Å²) in [5.41, 5.74) is 1.15. The van der Waals surface area contributed by atoms with E-state index in [1.54, 1.807) is 0 Å². The average molecular weight is 659 g/mol. The number of hydrogen-bond donors (Lipinski definition) is 2. The van der Waals surface area contributed by atoms with Crippen LogP contribution in [0, 0.1) is 0 Å². The van der Waals surface area contributed by atoms with Gasteiger partial charge in [0.1, 0.15) is 0 Å². The number of carbonyl (C=O) groups is 2. The van der Waals surface area contributed by atoms with Crippen LogP contribution in [0.15, 0.2) is 36.6 Å². The van der Waals surface area contributed by atoms with Crippen molar-refractivity contribution in [3.05, 3.63) is 36.6 Å². The van der Waals surface area contributed by atoms with Crippen molar-refractivity contribution in [3.8, 4) is 0 Å². The van der Waals surface area contributed by atoms with Gasteiger partial charge in [0.25, 0.3) is 0 Å². The van der Waals surface area contributed by atoms with Crippen LogP contribution in [0.5, 0.6) is 0 Å². The molecule has 0 heterocycles. The maximum Gasteiger partial charge on any atom is 0.222 e. The highest BCUT2D eigenvalue weighted by molar-refractivity contribution is 5.76. The van der Waals surface area contributed by atoms with Crippen LogP contribution < -0.4 is 10.6 Å². The first-order valence-corrected chi connectivity index (χ1v) is 19.8. The zero-order valence-corrected chi connectivity index (χ0v) is 31.7. The molecule has 0 aromatic heterocycles. The van der Waals surface area contributed by atoms with E-state index in [1.165, 1.54) is 83.5 Å². The van der Waals surface area contributed by atoms with Gasteiger partial charge in [-0.25, -0.2) is 0 Å². The van der Waals surface area contributed by atoms with Gasteiger partial charge in [-0.1, -0.05) is 122 Å². The molecular weight excluding hydrogens is 580 g/mol. The number of allylic oxidation sites excluding steroid dienone is 3. The van der Waals surface area contributed by atoms with Crippen LogP contribution in [0.2, 0.25) is 0 Å². The average Bonchev–Trinajstić information content (AvgIpc) is 3.05. The predicted molar refractivity (Wildman–Crippen MR) is 206 cm³/mol. The lowest BCUT2D eigenvalue weighted by Gasteiger charge is -2.23. The number of unbranched alkanes of at least 4 members (excludes halogenated alkanes) is 16. The zero-order valence-electron chi connectivity index (χ0n) is 31.7. The molecule has 0 aromatic carbocycles. The second kappa shape index (κ2) is 35.2. The molecule has 0 aliphatic rings. The van der Waals surface area contributed by atoms with Gasteiger partial charge in [-0.15, -0.1) is 0 Å². The van der Waals surface area contributed by atoms with Gasteiger partial charge in [0.2, 0.25) is 11.8 Å². The molecule has 0 aliphatic carbocycles. The van der Waals surface area contributed by atoms with Crippen molar-refractivity contribution in [1.82, 2.24) is 20.4 Å². The Bertz CT molecular complexity index is 740. The number of nitrogens with zero attached hydrogens (tertiary/aromatic N) is 2. The molecule has 0 atom stereocenters. The summed E-state index contributed by atoms with van der Waals surface area (Å²) in [7, 11) is 4.14. The second-order valence-corrected chi connectivity index (χ2v) is 13.8. The van der Waals surface area contributed by atoms with Gasteiger partial charge in [0.05, 0.1) is 0 Å². The third-order valence-electron chi connectivity index (χ3n) is 8.76. The lowest BCUT2D eigenvalue weighted by molar-refractivity contribution is -0.131. The van der Waals surface area contributed by atoms with E-state index in [0.717, 1.165) is 89.7 Å². The Hall–Kier alpha value is -2.08. The number of nitrogens with one attached hydrogen (secondary N) is 2. The van der Waals surface area contributed by atoms with Gasteiger partial charge in [-0.3, -0.25) is 9.59 Å². The van der Waals surface area contributed by atoms with E-state index in [9.17, 15) is 9.59 Å². The van der Waals surface area contributed by atoms with E-state index < -0.39 is 0 Å². The molecule has 6 nitrogen and oxygen atoms in total. The minimum atomic E-state index is 0.160. The molecule has 0 aromatic rings. The number of rotatable bonds is 35. The van der Waals surface area contributed by atoms with Gasteiger partial charge in [0, 0.05) is 44.7 Å². The van der Waals surface area contributed by atoms with Crippen molar-refractivity contribution in [2.45, 2.75) is 168 Å². The molecule has 0 spiro atoms. The number of amides is 2. The van der Waals surface area contributed by atoms with Crippen LogP contribution in [0.1, 0.15) is 168 Å². The predicted octanol–water partition coefficient (Wildman–Crippen LogP) is 10.1. The monoisotopic (exact) mass is 659 g/mol. The smallest absolute Gasteiger partial charge is 0.222 e. The maximum atomic E-state index is 13.0. The molecule has 47 heavy (non-hydrogen) atoms. The molecule has 0 fully saturated rings. The summed E-state index contributed by atoms with van der Waals surface area (Å²) in [5.74, 6) is 0.476. The van der Waals surface area contributed by atoms with Crippen LogP contribution in [0.4, 0.5) is 0 Å². The summed E-state index contributed by atoms with van der Waals surface area (Å²) in [4.78, 5) is 29.4. The van der Waals surface area contributed by atoms with Crippen LogP contribution >= 0.6 is 0 Å².